The molecule has 1 N–H and O–H groups in total. The first kappa shape index (κ1) is 12.5. The van der Waals surface area contributed by atoms with Gasteiger partial charge in [-0.25, -0.2) is 14.4 Å². The van der Waals surface area contributed by atoms with E-state index in [4.69, 9.17) is 0 Å². The summed E-state index contributed by atoms with van der Waals surface area (Å²) < 4.78 is 13.2. The number of nitrogens with one attached hydrogen (secondary N) is 1. The molecular weight excluding hydrogens is 229 g/mol. The van der Waals surface area contributed by atoms with Crippen molar-refractivity contribution in [1.29, 1.82) is 0 Å². The summed E-state index contributed by atoms with van der Waals surface area (Å²) in [5, 5.41) is 3.21. The van der Waals surface area contributed by atoms with E-state index in [9.17, 15) is 4.39 Å². The Morgan fingerprint density at radius 1 is 1.28 bits per heavy atom. The molecule has 0 saturated heterocycles. The van der Waals surface area contributed by atoms with Crippen LogP contribution >= 0.6 is 0 Å². The third-order valence-electron chi connectivity index (χ3n) is 2.63. The minimum Gasteiger partial charge on any atom is -0.370 e. The summed E-state index contributed by atoms with van der Waals surface area (Å²) in [5.74, 6) is 1.20. The molecule has 4 heteroatoms. The summed E-state index contributed by atoms with van der Waals surface area (Å²) >= 11 is 0. The number of halogens is 1. The van der Waals surface area contributed by atoms with E-state index in [2.05, 4.69) is 22.2 Å². The first-order valence-electron chi connectivity index (χ1n) is 6.04. The predicted molar refractivity (Wildman–Crippen MR) is 70.9 cm³/mol. The van der Waals surface area contributed by atoms with Crippen molar-refractivity contribution in [2.24, 2.45) is 0 Å². The van der Waals surface area contributed by atoms with Crippen LogP contribution in [0.3, 0.4) is 0 Å². The second kappa shape index (κ2) is 5.58. The highest BCUT2D eigenvalue weighted by Gasteiger charge is 2.05. The van der Waals surface area contributed by atoms with Crippen molar-refractivity contribution in [2.75, 3.05) is 11.9 Å². The van der Waals surface area contributed by atoms with Gasteiger partial charge in [0.25, 0.3) is 0 Å². The van der Waals surface area contributed by atoms with E-state index in [1.54, 1.807) is 25.3 Å². The standard InChI is InChI=1S/C14H16FN3/c1-3-7-16-13-6-8-17-14(18-13)11-4-5-12(15)10(2)9-11/h4-6,8-9H,3,7H2,1-2H3,(H,16,17,18). The molecule has 1 aromatic heterocycles. The Hall–Kier alpha value is -1.97. The summed E-state index contributed by atoms with van der Waals surface area (Å²) in [6, 6.07) is 6.73. The molecule has 0 radical (unpaired) electrons. The monoisotopic (exact) mass is 245 g/mol. The number of nitrogens with zero attached hydrogens (tertiary/aromatic N) is 2. The van der Waals surface area contributed by atoms with Gasteiger partial charge in [0, 0.05) is 18.3 Å². The molecule has 2 rings (SSSR count). The molecule has 0 aliphatic rings. The lowest BCUT2D eigenvalue weighted by atomic mass is 10.1. The maximum Gasteiger partial charge on any atom is 0.161 e. The second-order valence-corrected chi connectivity index (χ2v) is 4.16. The van der Waals surface area contributed by atoms with Crippen LogP contribution < -0.4 is 5.32 Å². The number of rotatable bonds is 4. The van der Waals surface area contributed by atoms with Crippen LogP contribution in [0.2, 0.25) is 0 Å². The molecule has 0 spiro atoms. The van der Waals surface area contributed by atoms with Crippen molar-refractivity contribution in [3.8, 4) is 11.4 Å². The molecule has 1 aromatic carbocycles. The Balaban J connectivity index is 2.29. The minimum absolute atomic E-state index is 0.209. The maximum absolute atomic E-state index is 13.2. The van der Waals surface area contributed by atoms with Crippen LogP contribution in [0.5, 0.6) is 0 Å². The van der Waals surface area contributed by atoms with E-state index in [1.807, 2.05) is 6.07 Å². The minimum atomic E-state index is -0.209. The largest absolute Gasteiger partial charge is 0.370 e. The Bertz CT molecular complexity index is 540. The van der Waals surface area contributed by atoms with Crippen LogP contribution in [0.25, 0.3) is 11.4 Å². The molecule has 0 saturated carbocycles. The average Bonchev–Trinajstić information content (AvgIpc) is 2.40. The smallest absolute Gasteiger partial charge is 0.161 e. The fourth-order valence-electron chi connectivity index (χ4n) is 1.63. The van der Waals surface area contributed by atoms with Crippen molar-refractivity contribution in [2.45, 2.75) is 20.3 Å². The zero-order valence-electron chi connectivity index (χ0n) is 10.6. The lowest BCUT2D eigenvalue weighted by Crippen LogP contribution is -2.03. The van der Waals surface area contributed by atoms with Crippen molar-refractivity contribution in [1.82, 2.24) is 9.97 Å². The van der Waals surface area contributed by atoms with E-state index in [1.165, 1.54) is 6.07 Å². The molecule has 94 valence electrons. The number of aromatic nitrogens is 2. The fourth-order valence-corrected chi connectivity index (χ4v) is 1.63. The summed E-state index contributed by atoms with van der Waals surface area (Å²) in [6.07, 6.45) is 2.74. The highest BCUT2D eigenvalue weighted by Crippen LogP contribution is 2.19. The van der Waals surface area contributed by atoms with E-state index >= 15 is 0 Å². The molecule has 0 atom stereocenters. The number of hydrogen-bond donors (Lipinski definition) is 1. The lowest BCUT2D eigenvalue weighted by molar-refractivity contribution is 0.618. The molecule has 0 unspecified atom stereocenters. The third-order valence-corrected chi connectivity index (χ3v) is 2.63. The number of aryl methyl sites for hydroxylation is 1. The first-order valence-corrected chi connectivity index (χ1v) is 6.04. The second-order valence-electron chi connectivity index (χ2n) is 4.16. The van der Waals surface area contributed by atoms with Crippen LogP contribution in [-0.2, 0) is 0 Å². The van der Waals surface area contributed by atoms with Gasteiger partial charge in [0.05, 0.1) is 0 Å². The van der Waals surface area contributed by atoms with E-state index in [-0.39, 0.29) is 5.82 Å². The Labute approximate surface area is 106 Å². The van der Waals surface area contributed by atoms with Gasteiger partial charge in [0.1, 0.15) is 11.6 Å². The molecule has 0 aliphatic carbocycles. The summed E-state index contributed by atoms with van der Waals surface area (Å²) in [4.78, 5) is 8.62. The quantitative estimate of drug-likeness (QED) is 0.897. The number of anilines is 1. The van der Waals surface area contributed by atoms with Gasteiger partial charge in [-0.2, -0.15) is 0 Å². The van der Waals surface area contributed by atoms with Gasteiger partial charge in [-0.05, 0) is 43.2 Å². The zero-order valence-corrected chi connectivity index (χ0v) is 10.6. The van der Waals surface area contributed by atoms with Crippen molar-refractivity contribution in [3.63, 3.8) is 0 Å². The van der Waals surface area contributed by atoms with Gasteiger partial charge in [-0.3, -0.25) is 0 Å². The van der Waals surface area contributed by atoms with E-state index in [0.717, 1.165) is 24.3 Å². The van der Waals surface area contributed by atoms with Gasteiger partial charge in [0.15, 0.2) is 5.82 Å². The van der Waals surface area contributed by atoms with Gasteiger partial charge < -0.3 is 5.32 Å². The van der Waals surface area contributed by atoms with E-state index < -0.39 is 0 Å². The average molecular weight is 245 g/mol. The van der Waals surface area contributed by atoms with Crippen LogP contribution in [0.1, 0.15) is 18.9 Å². The summed E-state index contributed by atoms with van der Waals surface area (Å²) in [6.45, 7) is 4.70. The normalized spacial score (nSPS) is 10.4. The molecule has 1 heterocycles. The van der Waals surface area contributed by atoms with Crippen LogP contribution in [0.15, 0.2) is 30.5 Å². The third kappa shape index (κ3) is 2.83. The van der Waals surface area contributed by atoms with Crippen LogP contribution in [0, 0.1) is 12.7 Å². The maximum atomic E-state index is 13.2. The molecule has 0 bridgehead atoms. The van der Waals surface area contributed by atoms with Crippen LogP contribution in [0.4, 0.5) is 10.2 Å². The summed E-state index contributed by atoms with van der Waals surface area (Å²) in [5.41, 5.74) is 1.43. The van der Waals surface area contributed by atoms with Gasteiger partial charge in [-0.1, -0.05) is 6.92 Å². The predicted octanol–water partition coefficient (Wildman–Crippen LogP) is 3.41. The zero-order chi connectivity index (χ0) is 13.0. The first-order chi connectivity index (χ1) is 8.70. The van der Waals surface area contributed by atoms with Crippen molar-refractivity contribution >= 4 is 5.82 Å². The van der Waals surface area contributed by atoms with Gasteiger partial charge >= 0.3 is 0 Å². The SMILES string of the molecule is CCCNc1ccnc(-c2ccc(F)c(C)c2)n1. The van der Waals surface area contributed by atoms with Crippen LogP contribution in [-0.4, -0.2) is 16.5 Å². The van der Waals surface area contributed by atoms with Crippen molar-refractivity contribution < 1.29 is 4.39 Å². The highest BCUT2D eigenvalue weighted by atomic mass is 19.1. The molecule has 0 aliphatic heterocycles. The number of benzene rings is 1. The Morgan fingerprint density at radius 3 is 2.83 bits per heavy atom. The Morgan fingerprint density at radius 2 is 2.11 bits per heavy atom. The number of hydrogen-bond acceptors (Lipinski definition) is 3. The molecule has 0 fully saturated rings. The topological polar surface area (TPSA) is 37.8 Å². The summed E-state index contributed by atoms with van der Waals surface area (Å²) in [7, 11) is 0. The molecule has 3 nitrogen and oxygen atoms in total. The van der Waals surface area contributed by atoms with E-state index in [0.29, 0.717) is 11.4 Å². The van der Waals surface area contributed by atoms with Crippen molar-refractivity contribution in [3.05, 3.63) is 41.8 Å². The highest BCUT2D eigenvalue weighted by molar-refractivity contribution is 5.57. The lowest BCUT2D eigenvalue weighted by Gasteiger charge is -2.06. The van der Waals surface area contributed by atoms with Gasteiger partial charge in [-0.15, -0.1) is 0 Å². The molecule has 0 amide bonds. The molecular formula is C14H16FN3. The molecule has 18 heavy (non-hydrogen) atoms. The van der Waals surface area contributed by atoms with Gasteiger partial charge in [0.2, 0.25) is 0 Å². The molecule has 2 aromatic rings. The fraction of sp³-hybridized carbons (Fsp3) is 0.286. The Kier molecular flexibility index (Phi) is 3.87.